The Morgan fingerprint density at radius 2 is 1.71 bits per heavy atom. The Kier molecular flexibility index (Phi) is 7.39. The van der Waals surface area contributed by atoms with Gasteiger partial charge in [0.05, 0.1) is 0 Å². The van der Waals surface area contributed by atoms with Gasteiger partial charge in [0.15, 0.2) is 0 Å². The van der Waals surface area contributed by atoms with Gasteiger partial charge in [-0.05, 0) is 56.5 Å². The molecule has 0 fully saturated rings. The van der Waals surface area contributed by atoms with E-state index in [1.807, 2.05) is 45.1 Å². The maximum Gasteiger partial charge on any atom is 0.249 e. The van der Waals surface area contributed by atoms with Crippen molar-refractivity contribution in [2.45, 2.75) is 40.0 Å². The van der Waals surface area contributed by atoms with Crippen LogP contribution in [0, 0.1) is 11.8 Å². The second kappa shape index (κ2) is 9.03. The van der Waals surface area contributed by atoms with Gasteiger partial charge in [-0.1, -0.05) is 54.9 Å². The lowest BCUT2D eigenvalue weighted by Crippen LogP contribution is -2.13. The minimum Gasteiger partial charge on any atom is -0.207 e. The molecule has 0 radical (unpaired) electrons. The van der Waals surface area contributed by atoms with E-state index in [4.69, 9.17) is 0 Å². The first-order valence-electron chi connectivity index (χ1n) is 7.91. The third kappa shape index (κ3) is 6.79. The van der Waals surface area contributed by atoms with Crippen LogP contribution in [-0.2, 0) is 6.42 Å². The molecule has 0 aliphatic heterocycles. The van der Waals surface area contributed by atoms with Crippen LogP contribution in [0.3, 0.4) is 0 Å². The predicted octanol–water partition coefficient (Wildman–Crippen LogP) is 6.26. The van der Waals surface area contributed by atoms with E-state index in [2.05, 4.69) is 18.4 Å². The summed E-state index contributed by atoms with van der Waals surface area (Å²) in [6, 6.07) is 6.95. The molecular weight excluding hydrogens is 302 g/mol. The molecule has 1 rings (SSSR count). The minimum absolute atomic E-state index is 0.258. The lowest BCUT2D eigenvalue weighted by atomic mass is 10.0. The molecule has 0 aliphatic rings. The molecule has 0 heterocycles. The molecule has 24 heavy (non-hydrogen) atoms. The van der Waals surface area contributed by atoms with Gasteiger partial charge >= 0.3 is 0 Å². The van der Waals surface area contributed by atoms with E-state index in [1.54, 1.807) is 24.3 Å². The number of rotatable bonds is 5. The molecule has 1 aromatic rings. The summed E-state index contributed by atoms with van der Waals surface area (Å²) in [5.41, 5.74) is 4.21. The van der Waals surface area contributed by atoms with Crippen LogP contribution in [-0.4, -0.2) is 5.92 Å². The van der Waals surface area contributed by atoms with Gasteiger partial charge in [-0.15, -0.1) is 0 Å². The van der Waals surface area contributed by atoms with Crippen LogP contribution < -0.4 is 0 Å². The second-order valence-corrected chi connectivity index (χ2v) is 5.80. The maximum atomic E-state index is 13.0. The standard InChI is InChI=1S/C22H24F2/c1-6-8-20(21(9-7-2)17(3)4)15-14-18-10-12-19(13-11-18)16-22(5,23)24/h6-13H,3,16H2,1-2,4-5H3/b8-6-,9-7-,21-20+. The fourth-order valence-corrected chi connectivity index (χ4v) is 2.20. The Labute approximate surface area is 144 Å². The molecular formula is C22H24F2. The van der Waals surface area contributed by atoms with Crippen molar-refractivity contribution >= 4 is 0 Å². The van der Waals surface area contributed by atoms with Gasteiger partial charge in [0, 0.05) is 17.6 Å². The van der Waals surface area contributed by atoms with Gasteiger partial charge < -0.3 is 0 Å². The Morgan fingerprint density at radius 3 is 2.17 bits per heavy atom. The van der Waals surface area contributed by atoms with Gasteiger partial charge in [-0.25, -0.2) is 8.78 Å². The number of benzene rings is 1. The zero-order valence-corrected chi connectivity index (χ0v) is 14.8. The molecule has 0 atom stereocenters. The maximum absolute atomic E-state index is 13.0. The van der Waals surface area contributed by atoms with E-state index < -0.39 is 5.92 Å². The SMILES string of the molecule is C=C(C)C(/C=C\C)=C(C#Cc1ccc(CC(C)(F)F)cc1)\C=C/C. The summed E-state index contributed by atoms with van der Waals surface area (Å²) in [6.07, 6.45) is 7.56. The van der Waals surface area contributed by atoms with Crippen LogP contribution in [0.15, 0.2) is 71.9 Å². The number of hydrogen-bond acceptors (Lipinski definition) is 0. The first-order chi connectivity index (χ1) is 11.3. The van der Waals surface area contributed by atoms with Crippen molar-refractivity contribution in [2.24, 2.45) is 0 Å². The van der Waals surface area contributed by atoms with Crippen molar-refractivity contribution in [3.05, 3.63) is 83.0 Å². The second-order valence-electron chi connectivity index (χ2n) is 5.80. The third-order valence-electron chi connectivity index (χ3n) is 3.23. The average Bonchev–Trinajstić information content (AvgIpc) is 2.49. The van der Waals surface area contributed by atoms with E-state index in [0.717, 1.165) is 29.2 Å². The first-order valence-corrected chi connectivity index (χ1v) is 7.91. The lowest BCUT2D eigenvalue weighted by Gasteiger charge is -2.09. The van der Waals surface area contributed by atoms with Crippen LogP contribution in [0.2, 0.25) is 0 Å². The predicted molar refractivity (Wildman–Crippen MR) is 99.1 cm³/mol. The average molecular weight is 326 g/mol. The molecule has 1 aromatic carbocycles. The molecule has 0 aliphatic carbocycles. The molecule has 2 heteroatoms. The van der Waals surface area contributed by atoms with Crippen molar-refractivity contribution < 1.29 is 8.78 Å². The third-order valence-corrected chi connectivity index (χ3v) is 3.23. The van der Waals surface area contributed by atoms with E-state index in [1.165, 1.54) is 0 Å². The molecule has 0 bridgehead atoms. The van der Waals surface area contributed by atoms with Gasteiger partial charge in [0.2, 0.25) is 5.92 Å². The van der Waals surface area contributed by atoms with Crippen LogP contribution in [0.5, 0.6) is 0 Å². The Balaban J connectivity index is 3.14. The zero-order chi connectivity index (χ0) is 18.2. The smallest absolute Gasteiger partial charge is 0.207 e. The summed E-state index contributed by atoms with van der Waals surface area (Å²) in [7, 11) is 0. The molecule has 0 nitrogen and oxygen atoms in total. The van der Waals surface area contributed by atoms with Crippen molar-refractivity contribution in [3.8, 4) is 11.8 Å². The van der Waals surface area contributed by atoms with Gasteiger partial charge in [-0.2, -0.15) is 0 Å². The van der Waals surface area contributed by atoms with E-state index >= 15 is 0 Å². The molecule has 0 saturated heterocycles. The molecule has 126 valence electrons. The fourth-order valence-electron chi connectivity index (χ4n) is 2.20. The number of halogens is 2. The van der Waals surface area contributed by atoms with Crippen LogP contribution in [0.1, 0.15) is 38.8 Å². The lowest BCUT2D eigenvalue weighted by molar-refractivity contribution is 0.0226. The summed E-state index contributed by atoms with van der Waals surface area (Å²) in [6.45, 7) is 10.8. The number of hydrogen-bond donors (Lipinski definition) is 0. The van der Waals surface area contributed by atoms with Crippen molar-refractivity contribution in [1.82, 2.24) is 0 Å². The topological polar surface area (TPSA) is 0 Å². The fraction of sp³-hybridized carbons (Fsp3) is 0.273. The Hall–Kier alpha value is -2.40. The highest BCUT2D eigenvalue weighted by molar-refractivity contribution is 5.55. The highest BCUT2D eigenvalue weighted by Gasteiger charge is 2.21. The summed E-state index contributed by atoms with van der Waals surface area (Å²) >= 11 is 0. The molecule has 0 saturated carbocycles. The number of allylic oxidation sites excluding steroid dienone is 7. The van der Waals surface area contributed by atoms with Crippen molar-refractivity contribution in [3.63, 3.8) is 0 Å². The summed E-state index contributed by atoms with van der Waals surface area (Å²) < 4.78 is 26.1. The van der Waals surface area contributed by atoms with E-state index in [-0.39, 0.29) is 6.42 Å². The summed E-state index contributed by atoms with van der Waals surface area (Å²) in [5.74, 6) is 3.55. The molecule has 0 aromatic heterocycles. The highest BCUT2D eigenvalue weighted by Crippen LogP contribution is 2.19. The van der Waals surface area contributed by atoms with E-state index in [0.29, 0.717) is 5.56 Å². The minimum atomic E-state index is -2.70. The zero-order valence-electron chi connectivity index (χ0n) is 14.8. The van der Waals surface area contributed by atoms with Gasteiger partial charge in [0.1, 0.15) is 0 Å². The van der Waals surface area contributed by atoms with Crippen LogP contribution in [0.25, 0.3) is 0 Å². The van der Waals surface area contributed by atoms with Gasteiger partial charge in [-0.3, -0.25) is 0 Å². The first kappa shape index (κ1) is 19.6. The normalized spacial score (nSPS) is 12.9. The van der Waals surface area contributed by atoms with Crippen molar-refractivity contribution in [2.75, 3.05) is 0 Å². The van der Waals surface area contributed by atoms with Gasteiger partial charge in [0.25, 0.3) is 0 Å². The quantitative estimate of drug-likeness (QED) is 0.442. The van der Waals surface area contributed by atoms with Crippen molar-refractivity contribution in [1.29, 1.82) is 0 Å². The molecule has 0 N–H and O–H groups in total. The molecule has 0 unspecified atom stereocenters. The highest BCUT2D eigenvalue weighted by atomic mass is 19.3. The van der Waals surface area contributed by atoms with Crippen LogP contribution >= 0.6 is 0 Å². The molecule has 0 spiro atoms. The Bertz CT molecular complexity index is 712. The monoisotopic (exact) mass is 326 g/mol. The van der Waals surface area contributed by atoms with E-state index in [9.17, 15) is 8.78 Å². The summed E-state index contributed by atoms with van der Waals surface area (Å²) in [4.78, 5) is 0. The summed E-state index contributed by atoms with van der Waals surface area (Å²) in [5, 5.41) is 0. The van der Waals surface area contributed by atoms with Crippen LogP contribution in [0.4, 0.5) is 8.78 Å². The largest absolute Gasteiger partial charge is 0.249 e. The Morgan fingerprint density at radius 1 is 1.12 bits per heavy atom. The number of alkyl halides is 2. The molecule has 0 amide bonds.